The molecule has 1 nitrogen and oxygen atoms in total. The molecule has 0 radical (unpaired) electrons. The van der Waals surface area contributed by atoms with Crippen molar-refractivity contribution in [3.63, 3.8) is 0 Å². The molecule has 0 heterocycles. The Kier molecular flexibility index (Phi) is 3.90. The predicted molar refractivity (Wildman–Crippen MR) is 60.9 cm³/mol. The van der Waals surface area contributed by atoms with Crippen LogP contribution in [0.2, 0.25) is 0 Å². The van der Waals surface area contributed by atoms with Crippen LogP contribution in [0.25, 0.3) is 6.08 Å². The molecule has 0 aromatic heterocycles. The monoisotopic (exact) mass is 190 g/mol. The quantitative estimate of drug-likeness (QED) is 0.776. The van der Waals surface area contributed by atoms with Gasteiger partial charge in [0.2, 0.25) is 0 Å². The van der Waals surface area contributed by atoms with Gasteiger partial charge in [-0.25, -0.2) is 0 Å². The highest BCUT2D eigenvalue weighted by Gasteiger charge is 2.09. The van der Waals surface area contributed by atoms with E-state index in [1.54, 1.807) is 0 Å². The Labute approximate surface area is 86.1 Å². The normalized spacial score (nSPS) is 16.4. The highest BCUT2D eigenvalue weighted by Crippen LogP contribution is 2.17. The first-order valence-electron chi connectivity index (χ1n) is 5.02. The standard InChI is InChI=1S/C13H18O/c1-10(11(2)12(3)14)9-13-7-5-4-6-8-13/h4-9,11-12,14H,1-3H3/b10-9+/t11-,12+/m1/s1. The van der Waals surface area contributed by atoms with Gasteiger partial charge in [-0.3, -0.25) is 0 Å². The number of aliphatic hydroxyl groups excluding tert-OH is 1. The molecule has 0 aliphatic heterocycles. The van der Waals surface area contributed by atoms with Crippen molar-refractivity contribution in [2.75, 3.05) is 0 Å². The van der Waals surface area contributed by atoms with Crippen LogP contribution in [-0.4, -0.2) is 11.2 Å². The van der Waals surface area contributed by atoms with Crippen molar-refractivity contribution in [3.05, 3.63) is 41.5 Å². The second kappa shape index (κ2) is 4.97. The molecule has 0 bridgehead atoms. The Morgan fingerprint density at radius 1 is 1.21 bits per heavy atom. The third-order valence-electron chi connectivity index (χ3n) is 2.64. The Bertz CT molecular complexity index is 298. The van der Waals surface area contributed by atoms with Gasteiger partial charge in [-0.05, 0) is 19.4 Å². The Morgan fingerprint density at radius 3 is 2.29 bits per heavy atom. The first-order valence-corrected chi connectivity index (χ1v) is 5.02. The molecule has 1 aromatic rings. The van der Waals surface area contributed by atoms with Gasteiger partial charge in [-0.15, -0.1) is 0 Å². The largest absolute Gasteiger partial charge is 0.393 e. The summed E-state index contributed by atoms with van der Waals surface area (Å²) in [6.45, 7) is 5.93. The lowest BCUT2D eigenvalue weighted by molar-refractivity contribution is 0.152. The molecule has 0 aliphatic rings. The number of benzene rings is 1. The second-order valence-corrected chi connectivity index (χ2v) is 3.83. The van der Waals surface area contributed by atoms with E-state index in [9.17, 15) is 5.11 Å². The van der Waals surface area contributed by atoms with Gasteiger partial charge < -0.3 is 5.11 Å². The van der Waals surface area contributed by atoms with Crippen LogP contribution in [0.1, 0.15) is 26.3 Å². The molecule has 76 valence electrons. The summed E-state index contributed by atoms with van der Waals surface area (Å²) >= 11 is 0. The van der Waals surface area contributed by atoms with Crippen molar-refractivity contribution in [1.82, 2.24) is 0 Å². The van der Waals surface area contributed by atoms with Gasteiger partial charge in [0.05, 0.1) is 6.10 Å². The first-order chi connectivity index (χ1) is 6.61. The van der Waals surface area contributed by atoms with E-state index in [-0.39, 0.29) is 12.0 Å². The lowest BCUT2D eigenvalue weighted by Gasteiger charge is -2.15. The number of aliphatic hydroxyl groups is 1. The summed E-state index contributed by atoms with van der Waals surface area (Å²) in [7, 11) is 0. The van der Waals surface area contributed by atoms with Gasteiger partial charge in [-0.1, -0.05) is 48.9 Å². The molecule has 0 amide bonds. The molecule has 1 heteroatoms. The molecular weight excluding hydrogens is 172 g/mol. The summed E-state index contributed by atoms with van der Waals surface area (Å²) in [5.41, 5.74) is 2.41. The molecule has 2 atom stereocenters. The topological polar surface area (TPSA) is 20.2 Å². The molecule has 1 rings (SSSR count). The first kappa shape index (κ1) is 11.0. The molecule has 1 N–H and O–H groups in total. The van der Waals surface area contributed by atoms with Crippen LogP contribution in [0.15, 0.2) is 35.9 Å². The van der Waals surface area contributed by atoms with Gasteiger partial charge in [0, 0.05) is 5.92 Å². The van der Waals surface area contributed by atoms with Crippen LogP contribution >= 0.6 is 0 Å². The van der Waals surface area contributed by atoms with Gasteiger partial charge >= 0.3 is 0 Å². The summed E-state index contributed by atoms with van der Waals surface area (Å²) in [5.74, 6) is 0.218. The average molecular weight is 190 g/mol. The zero-order valence-electron chi connectivity index (χ0n) is 9.07. The highest BCUT2D eigenvalue weighted by atomic mass is 16.3. The van der Waals surface area contributed by atoms with E-state index in [0.717, 1.165) is 0 Å². The smallest absolute Gasteiger partial charge is 0.0574 e. The van der Waals surface area contributed by atoms with E-state index >= 15 is 0 Å². The fraction of sp³-hybridized carbons (Fsp3) is 0.385. The molecule has 0 fully saturated rings. The number of hydrogen-bond donors (Lipinski definition) is 1. The Balaban J connectivity index is 2.79. The molecular formula is C13H18O. The van der Waals surface area contributed by atoms with E-state index in [2.05, 4.69) is 25.1 Å². The molecule has 0 spiro atoms. The van der Waals surface area contributed by atoms with Crippen molar-refractivity contribution in [1.29, 1.82) is 0 Å². The fourth-order valence-electron chi connectivity index (χ4n) is 1.32. The Morgan fingerprint density at radius 2 is 1.79 bits per heavy atom. The van der Waals surface area contributed by atoms with E-state index < -0.39 is 0 Å². The van der Waals surface area contributed by atoms with E-state index in [0.29, 0.717) is 0 Å². The van der Waals surface area contributed by atoms with Crippen molar-refractivity contribution >= 4 is 6.08 Å². The van der Waals surface area contributed by atoms with Crippen LogP contribution in [0, 0.1) is 5.92 Å². The minimum atomic E-state index is -0.282. The maximum absolute atomic E-state index is 9.43. The van der Waals surface area contributed by atoms with Crippen molar-refractivity contribution in [3.8, 4) is 0 Å². The van der Waals surface area contributed by atoms with Crippen LogP contribution in [-0.2, 0) is 0 Å². The van der Waals surface area contributed by atoms with Crippen LogP contribution in [0.4, 0.5) is 0 Å². The average Bonchev–Trinajstić information content (AvgIpc) is 2.18. The molecule has 0 saturated heterocycles. The molecule has 0 aliphatic carbocycles. The molecule has 0 saturated carbocycles. The summed E-state index contributed by atoms with van der Waals surface area (Å²) in [6.07, 6.45) is 1.84. The zero-order valence-corrected chi connectivity index (χ0v) is 9.07. The molecule has 1 aromatic carbocycles. The Hall–Kier alpha value is -1.08. The summed E-state index contributed by atoms with van der Waals surface area (Å²) in [5, 5.41) is 9.43. The summed E-state index contributed by atoms with van der Waals surface area (Å²) in [6, 6.07) is 10.2. The minimum absolute atomic E-state index is 0.218. The number of rotatable bonds is 3. The van der Waals surface area contributed by atoms with E-state index in [1.807, 2.05) is 32.0 Å². The fourth-order valence-corrected chi connectivity index (χ4v) is 1.32. The van der Waals surface area contributed by atoms with Crippen molar-refractivity contribution < 1.29 is 5.11 Å². The third-order valence-corrected chi connectivity index (χ3v) is 2.64. The minimum Gasteiger partial charge on any atom is -0.393 e. The van der Waals surface area contributed by atoms with Crippen molar-refractivity contribution in [2.45, 2.75) is 26.9 Å². The highest BCUT2D eigenvalue weighted by molar-refractivity contribution is 5.52. The SMILES string of the molecule is C/C(=C\c1ccccc1)[C@@H](C)[C@H](C)O. The maximum Gasteiger partial charge on any atom is 0.0574 e. The van der Waals surface area contributed by atoms with Crippen LogP contribution in [0.5, 0.6) is 0 Å². The lowest BCUT2D eigenvalue weighted by Crippen LogP contribution is -2.13. The molecule has 14 heavy (non-hydrogen) atoms. The number of hydrogen-bond acceptors (Lipinski definition) is 1. The van der Waals surface area contributed by atoms with Crippen LogP contribution in [0.3, 0.4) is 0 Å². The van der Waals surface area contributed by atoms with Gasteiger partial charge in [0.1, 0.15) is 0 Å². The lowest BCUT2D eigenvalue weighted by atomic mass is 9.96. The van der Waals surface area contributed by atoms with E-state index in [1.165, 1.54) is 11.1 Å². The second-order valence-electron chi connectivity index (χ2n) is 3.83. The maximum atomic E-state index is 9.43. The summed E-state index contributed by atoms with van der Waals surface area (Å²) < 4.78 is 0. The van der Waals surface area contributed by atoms with Gasteiger partial charge in [0.15, 0.2) is 0 Å². The predicted octanol–water partition coefficient (Wildman–Crippen LogP) is 3.11. The molecule has 0 unspecified atom stereocenters. The third kappa shape index (κ3) is 3.00. The van der Waals surface area contributed by atoms with Gasteiger partial charge in [-0.2, -0.15) is 0 Å². The summed E-state index contributed by atoms with van der Waals surface area (Å²) in [4.78, 5) is 0. The zero-order chi connectivity index (χ0) is 10.6. The van der Waals surface area contributed by atoms with E-state index in [4.69, 9.17) is 0 Å². The van der Waals surface area contributed by atoms with Crippen LogP contribution < -0.4 is 0 Å². The van der Waals surface area contributed by atoms with Gasteiger partial charge in [0.25, 0.3) is 0 Å². The van der Waals surface area contributed by atoms with Crippen molar-refractivity contribution in [2.24, 2.45) is 5.92 Å².